The van der Waals surface area contributed by atoms with Gasteiger partial charge in [-0.25, -0.2) is 4.79 Å². The van der Waals surface area contributed by atoms with Crippen LogP contribution in [0.4, 0.5) is 0 Å². The maximum absolute atomic E-state index is 11.6. The number of aliphatic carboxylic acids is 1. The van der Waals surface area contributed by atoms with Gasteiger partial charge in [-0.15, -0.1) is 0 Å². The van der Waals surface area contributed by atoms with Crippen LogP contribution in [0, 0.1) is 0 Å². The summed E-state index contributed by atoms with van der Waals surface area (Å²) in [6.45, 7) is 0. The zero-order valence-electron chi connectivity index (χ0n) is 12.5. The first-order valence-corrected chi connectivity index (χ1v) is 7.00. The summed E-state index contributed by atoms with van der Waals surface area (Å²) in [7, 11) is 2.86. The molecule has 2 N–H and O–H groups in total. The Labute approximate surface area is 138 Å². The molecule has 2 aromatic carbocycles. The summed E-state index contributed by atoms with van der Waals surface area (Å²) in [6, 6.07) is 9.76. The van der Waals surface area contributed by atoms with Crippen LogP contribution < -0.4 is 9.47 Å². The van der Waals surface area contributed by atoms with Crippen molar-refractivity contribution in [3.8, 4) is 17.2 Å². The smallest absolute Gasteiger partial charge is 0.336 e. The predicted molar refractivity (Wildman–Crippen MR) is 88.2 cm³/mol. The van der Waals surface area contributed by atoms with Gasteiger partial charge in [-0.3, -0.25) is 0 Å². The van der Waals surface area contributed by atoms with E-state index in [1.807, 2.05) is 0 Å². The molecular formula is C17H15ClO5. The zero-order chi connectivity index (χ0) is 17.0. The molecule has 0 bridgehead atoms. The fourth-order valence-electron chi connectivity index (χ4n) is 2.12. The van der Waals surface area contributed by atoms with E-state index in [0.717, 1.165) is 0 Å². The van der Waals surface area contributed by atoms with E-state index in [2.05, 4.69) is 0 Å². The molecule has 0 saturated heterocycles. The van der Waals surface area contributed by atoms with Gasteiger partial charge >= 0.3 is 5.97 Å². The molecule has 0 aromatic heterocycles. The van der Waals surface area contributed by atoms with Gasteiger partial charge in [0.2, 0.25) is 0 Å². The SMILES string of the molecule is COc1ccccc1/C(=C/c1cc(Cl)c(O)c(OC)c1)C(=O)O. The van der Waals surface area contributed by atoms with Gasteiger partial charge in [0, 0.05) is 5.56 Å². The quantitative estimate of drug-likeness (QED) is 0.644. The van der Waals surface area contributed by atoms with E-state index in [4.69, 9.17) is 21.1 Å². The average molecular weight is 335 g/mol. The van der Waals surface area contributed by atoms with Crippen LogP contribution in [-0.2, 0) is 4.79 Å². The number of aromatic hydroxyl groups is 1. The monoisotopic (exact) mass is 334 g/mol. The lowest BCUT2D eigenvalue weighted by Gasteiger charge is -2.10. The number of phenols is 1. The number of halogens is 1. The molecule has 120 valence electrons. The molecule has 6 heteroatoms. The van der Waals surface area contributed by atoms with Gasteiger partial charge in [0.05, 0.1) is 24.8 Å². The molecule has 0 saturated carbocycles. The van der Waals surface area contributed by atoms with E-state index >= 15 is 0 Å². The lowest BCUT2D eigenvalue weighted by atomic mass is 10.0. The molecule has 23 heavy (non-hydrogen) atoms. The fourth-order valence-corrected chi connectivity index (χ4v) is 2.34. The van der Waals surface area contributed by atoms with Gasteiger partial charge in [0.25, 0.3) is 0 Å². The van der Waals surface area contributed by atoms with Gasteiger partial charge in [0.15, 0.2) is 11.5 Å². The minimum atomic E-state index is -1.11. The van der Waals surface area contributed by atoms with E-state index < -0.39 is 5.97 Å². The van der Waals surface area contributed by atoms with Crippen molar-refractivity contribution in [1.29, 1.82) is 0 Å². The lowest BCUT2D eigenvalue weighted by molar-refractivity contribution is -0.130. The molecule has 0 spiro atoms. The molecular weight excluding hydrogens is 320 g/mol. The van der Waals surface area contributed by atoms with Crippen molar-refractivity contribution < 1.29 is 24.5 Å². The average Bonchev–Trinajstić information content (AvgIpc) is 2.55. The molecule has 0 radical (unpaired) electrons. The Morgan fingerprint density at radius 3 is 2.39 bits per heavy atom. The number of para-hydroxylation sites is 1. The summed E-state index contributed by atoms with van der Waals surface area (Å²) in [4.78, 5) is 11.6. The van der Waals surface area contributed by atoms with Crippen LogP contribution in [0.1, 0.15) is 11.1 Å². The Bertz CT molecular complexity index is 768. The second kappa shape index (κ2) is 7.07. The zero-order valence-corrected chi connectivity index (χ0v) is 13.3. The van der Waals surface area contributed by atoms with Crippen molar-refractivity contribution in [1.82, 2.24) is 0 Å². The normalized spacial score (nSPS) is 11.2. The third-order valence-electron chi connectivity index (χ3n) is 3.21. The first-order chi connectivity index (χ1) is 11.0. The number of methoxy groups -OCH3 is 2. The maximum atomic E-state index is 11.6. The number of carbonyl (C=O) groups is 1. The van der Waals surface area contributed by atoms with Crippen LogP contribution >= 0.6 is 11.6 Å². The number of rotatable bonds is 5. The predicted octanol–water partition coefficient (Wildman–Crippen LogP) is 3.69. The van der Waals surface area contributed by atoms with E-state index in [0.29, 0.717) is 16.9 Å². The van der Waals surface area contributed by atoms with E-state index in [1.165, 1.54) is 32.4 Å². The summed E-state index contributed by atoms with van der Waals surface area (Å²) in [5, 5.41) is 19.3. The third kappa shape index (κ3) is 3.57. The Morgan fingerprint density at radius 1 is 1.13 bits per heavy atom. The number of benzene rings is 2. The molecule has 2 aromatic rings. The summed E-state index contributed by atoms with van der Waals surface area (Å²) in [5.74, 6) is -0.704. The van der Waals surface area contributed by atoms with Crippen molar-refractivity contribution in [2.24, 2.45) is 0 Å². The van der Waals surface area contributed by atoms with Crippen LogP contribution in [-0.4, -0.2) is 30.4 Å². The molecule has 5 nitrogen and oxygen atoms in total. The van der Waals surface area contributed by atoms with Crippen LogP contribution in [0.15, 0.2) is 36.4 Å². The lowest BCUT2D eigenvalue weighted by Crippen LogP contribution is -2.02. The number of hydrogen-bond acceptors (Lipinski definition) is 4. The molecule has 0 aliphatic heterocycles. The second-order valence-corrected chi connectivity index (χ2v) is 5.02. The van der Waals surface area contributed by atoms with Gasteiger partial charge < -0.3 is 19.7 Å². The summed E-state index contributed by atoms with van der Waals surface area (Å²) in [6.07, 6.45) is 1.44. The highest BCUT2D eigenvalue weighted by Crippen LogP contribution is 2.36. The number of ether oxygens (including phenoxy) is 2. The van der Waals surface area contributed by atoms with Crippen molar-refractivity contribution in [2.45, 2.75) is 0 Å². The molecule has 0 atom stereocenters. The van der Waals surface area contributed by atoms with Gasteiger partial charge in [0.1, 0.15) is 5.75 Å². The fraction of sp³-hybridized carbons (Fsp3) is 0.118. The first kappa shape index (κ1) is 16.7. The topological polar surface area (TPSA) is 76.0 Å². The Kier molecular flexibility index (Phi) is 5.13. The Morgan fingerprint density at radius 2 is 1.78 bits per heavy atom. The second-order valence-electron chi connectivity index (χ2n) is 4.62. The molecule has 0 unspecified atom stereocenters. The minimum Gasteiger partial charge on any atom is -0.503 e. The van der Waals surface area contributed by atoms with Crippen molar-refractivity contribution in [3.05, 3.63) is 52.5 Å². The van der Waals surface area contributed by atoms with Crippen molar-refractivity contribution in [3.63, 3.8) is 0 Å². The number of phenolic OH excluding ortho intramolecular Hbond substituents is 1. The number of carboxylic acids is 1. The molecule has 0 heterocycles. The molecule has 0 amide bonds. The number of hydrogen-bond donors (Lipinski definition) is 2. The number of carboxylic acid groups (broad SMARTS) is 1. The van der Waals surface area contributed by atoms with E-state index in [1.54, 1.807) is 24.3 Å². The standard InChI is InChI=1S/C17H15ClO5/c1-22-14-6-4-3-5-11(14)12(17(20)21)7-10-8-13(18)16(19)15(9-10)23-2/h3-9,19H,1-2H3,(H,20,21)/b12-7-. The largest absolute Gasteiger partial charge is 0.503 e. The molecule has 2 rings (SSSR count). The van der Waals surface area contributed by atoms with Gasteiger partial charge in [-0.2, -0.15) is 0 Å². The van der Waals surface area contributed by atoms with Crippen LogP contribution in [0.25, 0.3) is 11.6 Å². The van der Waals surface area contributed by atoms with Crippen LogP contribution in [0.3, 0.4) is 0 Å². The van der Waals surface area contributed by atoms with Crippen molar-refractivity contribution >= 4 is 29.2 Å². The highest BCUT2D eigenvalue weighted by Gasteiger charge is 2.16. The molecule has 0 fully saturated rings. The van der Waals surface area contributed by atoms with Crippen LogP contribution in [0.2, 0.25) is 5.02 Å². The van der Waals surface area contributed by atoms with Crippen LogP contribution in [0.5, 0.6) is 17.2 Å². The minimum absolute atomic E-state index is 0.0336. The summed E-state index contributed by atoms with van der Waals surface area (Å²) >= 11 is 5.93. The van der Waals surface area contributed by atoms with Crippen molar-refractivity contribution in [2.75, 3.05) is 14.2 Å². The summed E-state index contributed by atoms with van der Waals surface area (Å²) < 4.78 is 10.2. The first-order valence-electron chi connectivity index (χ1n) is 6.62. The highest BCUT2D eigenvalue weighted by atomic mass is 35.5. The maximum Gasteiger partial charge on any atom is 0.336 e. The van der Waals surface area contributed by atoms with Gasteiger partial charge in [-0.05, 0) is 29.8 Å². The van der Waals surface area contributed by atoms with E-state index in [9.17, 15) is 15.0 Å². The summed E-state index contributed by atoms with van der Waals surface area (Å²) in [5.41, 5.74) is 0.949. The van der Waals surface area contributed by atoms with E-state index in [-0.39, 0.29) is 22.1 Å². The Hall–Kier alpha value is -2.66. The molecule has 0 aliphatic carbocycles. The molecule has 0 aliphatic rings. The van der Waals surface area contributed by atoms with Gasteiger partial charge in [-0.1, -0.05) is 29.8 Å². The third-order valence-corrected chi connectivity index (χ3v) is 3.50. The Balaban J connectivity index is 2.61. The highest BCUT2D eigenvalue weighted by molar-refractivity contribution is 6.32.